The van der Waals surface area contributed by atoms with Gasteiger partial charge in [-0.2, -0.15) is 4.98 Å². The van der Waals surface area contributed by atoms with Gasteiger partial charge >= 0.3 is 0 Å². The van der Waals surface area contributed by atoms with E-state index in [2.05, 4.69) is 58.6 Å². The minimum absolute atomic E-state index is 0.0620. The smallest absolute Gasteiger partial charge is 0.253 e. The van der Waals surface area contributed by atoms with Crippen LogP contribution in [0.2, 0.25) is 0 Å². The number of hydrogen-bond acceptors (Lipinski definition) is 7. The number of nitrogens with zero attached hydrogens (tertiary/aromatic N) is 3. The van der Waals surface area contributed by atoms with E-state index in [9.17, 15) is 9.59 Å². The second-order valence-electron chi connectivity index (χ2n) is 11.0. The van der Waals surface area contributed by atoms with Crippen LogP contribution in [-0.4, -0.2) is 60.2 Å². The molecule has 4 rings (SSSR count). The molecule has 2 N–H and O–H groups in total. The summed E-state index contributed by atoms with van der Waals surface area (Å²) >= 11 is 0. The summed E-state index contributed by atoms with van der Waals surface area (Å²) in [5.41, 5.74) is 3.26. The SMILES string of the molecule is COCCCNC(=O)c1ccccc1NC(=O)C1CCN(Cc2nc(-c3ccc(C(C)(C)C)cc3)no2)CC1. The standard InChI is InChI=1S/C30H39N5O4/c1-30(2,3)23-12-10-21(11-13-23)27-33-26(39-34-27)20-35-17-14-22(15-18-35)28(36)32-25-9-6-5-8-24(25)29(37)31-16-7-19-38-4/h5-6,8-13,22H,7,14-20H2,1-4H3,(H,31,37)(H,32,36). The van der Waals surface area contributed by atoms with Gasteiger partial charge in [0.25, 0.3) is 5.91 Å². The van der Waals surface area contributed by atoms with Crippen molar-refractivity contribution in [3.8, 4) is 11.4 Å². The Morgan fingerprint density at radius 2 is 1.79 bits per heavy atom. The zero-order valence-electron chi connectivity index (χ0n) is 23.3. The normalized spacial score (nSPS) is 14.8. The topological polar surface area (TPSA) is 110 Å². The average molecular weight is 534 g/mol. The molecule has 3 aromatic rings. The Morgan fingerprint density at radius 3 is 2.49 bits per heavy atom. The zero-order chi connectivity index (χ0) is 27.8. The van der Waals surface area contributed by atoms with Gasteiger partial charge in [0.2, 0.25) is 17.6 Å². The third kappa shape index (κ3) is 7.74. The molecule has 1 aromatic heterocycles. The third-order valence-electron chi connectivity index (χ3n) is 7.03. The van der Waals surface area contributed by atoms with Crippen molar-refractivity contribution in [3.63, 3.8) is 0 Å². The fraction of sp³-hybridized carbons (Fsp3) is 0.467. The van der Waals surface area contributed by atoms with E-state index in [-0.39, 0.29) is 23.1 Å². The number of aromatic nitrogens is 2. The van der Waals surface area contributed by atoms with E-state index in [4.69, 9.17) is 9.26 Å². The largest absolute Gasteiger partial charge is 0.385 e. The molecule has 9 heteroatoms. The predicted molar refractivity (Wildman–Crippen MR) is 150 cm³/mol. The van der Waals surface area contributed by atoms with Crippen molar-refractivity contribution >= 4 is 17.5 Å². The Bertz CT molecular complexity index is 1240. The van der Waals surface area contributed by atoms with E-state index < -0.39 is 0 Å². The van der Waals surface area contributed by atoms with Gasteiger partial charge in [-0.15, -0.1) is 0 Å². The molecule has 1 fully saturated rings. The Hall–Kier alpha value is -3.56. The second-order valence-corrected chi connectivity index (χ2v) is 11.0. The number of anilines is 1. The Balaban J connectivity index is 1.27. The third-order valence-corrected chi connectivity index (χ3v) is 7.03. The average Bonchev–Trinajstić information content (AvgIpc) is 3.40. The van der Waals surface area contributed by atoms with Gasteiger partial charge in [0.15, 0.2) is 0 Å². The van der Waals surface area contributed by atoms with Crippen molar-refractivity contribution in [1.29, 1.82) is 0 Å². The van der Waals surface area contributed by atoms with Crippen LogP contribution in [0.25, 0.3) is 11.4 Å². The molecule has 39 heavy (non-hydrogen) atoms. The molecule has 2 heterocycles. The van der Waals surface area contributed by atoms with E-state index in [1.54, 1.807) is 25.3 Å². The first-order valence-electron chi connectivity index (χ1n) is 13.6. The Labute approximate surface area is 230 Å². The highest BCUT2D eigenvalue weighted by Gasteiger charge is 2.27. The summed E-state index contributed by atoms with van der Waals surface area (Å²) in [6, 6.07) is 15.4. The molecule has 1 saturated heterocycles. The van der Waals surface area contributed by atoms with E-state index >= 15 is 0 Å². The highest BCUT2D eigenvalue weighted by molar-refractivity contribution is 6.04. The zero-order valence-corrected chi connectivity index (χ0v) is 23.3. The van der Waals surface area contributed by atoms with Gasteiger partial charge in [-0.05, 0) is 55.5 Å². The van der Waals surface area contributed by atoms with Crippen molar-refractivity contribution in [2.45, 2.75) is 52.0 Å². The predicted octanol–water partition coefficient (Wildman–Crippen LogP) is 4.65. The summed E-state index contributed by atoms with van der Waals surface area (Å²) in [7, 11) is 1.63. The van der Waals surface area contributed by atoms with E-state index in [1.165, 1.54) is 5.56 Å². The van der Waals surface area contributed by atoms with Crippen molar-refractivity contribution in [1.82, 2.24) is 20.4 Å². The number of benzene rings is 2. The maximum Gasteiger partial charge on any atom is 0.253 e. The fourth-order valence-electron chi connectivity index (χ4n) is 4.64. The summed E-state index contributed by atoms with van der Waals surface area (Å²) in [6.07, 6.45) is 2.16. The molecule has 0 unspecified atom stereocenters. The lowest BCUT2D eigenvalue weighted by atomic mass is 9.87. The maximum atomic E-state index is 13.0. The Morgan fingerprint density at radius 1 is 1.08 bits per heavy atom. The molecule has 0 bridgehead atoms. The van der Waals surface area contributed by atoms with E-state index in [0.717, 1.165) is 25.1 Å². The van der Waals surface area contributed by atoms with Crippen molar-refractivity contribution < 1.29 is 18.8 Å². The molecule has 2 amide bonds. The Kier molecular flexibility index (Phi) is 9.48. The summed E-state index contributed by atoms with van der Waals surface area (Å²) in [6.45, 7) is 9.69. The number of para-hydroxylation sites is 1. The summed E-state index contributed by atoms with van der Waals surface area (Å²) in [4.78, 5) is 32.5. The summed E-state index contributed by atoms with van der Waals surface area (Å²) in [5.74, 6) is 0.756. The van der Waals surface area contributed by atoms with E-state index in [0.29, 0.717) is 55.5 Å². The van der Waals surface area contributed by atoms with Crippen molar-refractivity contribution in [3.05, 3.63) is 65.5 Å². The first-order chi connectivity index (χ1) is 18.7. The van der Waals surface area contributed by atoms with Crippen LogP contribution in [0.5, 0.6) is 0 Å². The van der Waals surface area contributed by atoms with Crippen LogP contribution in [0, 0.1) is 5.92 Å². The number of methoxy groups -OCH3 is 1. The summed E-state index contributed by atoms with van der Waals surface area (Å²) in [5, 5.41) is 10.0. The lowest BCUT2D eigenvalue weighted by Crippen LogP contribution is -2.38. The molecule has 1 aliphatic rings. The van der Waals surface area contributed by atoms with Crippen LogP contribution in [0.15, 0.2) is 53.1 Å². The second kappa shape index (κ2) is 13.0. The minimum atomic E-state index is -0.208. The minimum Gasteiger partial charge on any atom is -0.385 e. The van der Waals surface area contributed by atoms with Crippen LogP contribution in [0.4, 0.5) is 5.69 Å². The van der Waals surface area contributed by atoms with Gasteiger partial charge in [0, 0.05) is 31.7 Å². The molecule has 0 spiro atoms. The maximum absolute atomic E-state index is 13.0. The number of piperidine rings is 1. The van der Waals surface area contributed by atoms with Crippen LogP contribution in [0.1, 0.15) is 61.8 Å². The number of amides is 2. The lowest BCUT2D eigenvalue weighted by Gasteiger charge is -2.30. The quantitative estimate of drug-likeness (QED) is 0.365. The van der Waals surface area contributed by atoms with Gasteiger partial charge in [-0.1, -0.05) is 62.3 Å². The highest BCUT2D eigenvalue weighted by atomic mass is 16.5. The van der Waals surface area contributed by atoms with Gasteiger partial charge in [-0.25, -0.2) is 0 Å². The molecule has 0 saturated carbocycles. The van der Waals surface area contributed by atoms with Crippen molar-refractivity contribution in [2.24, 2.45) is 5.92 Å². The number of carbonyl (C=O) groups is 2. The molecule has 0 radical (unpaired) electrons. The fourth-order valence-corrected chi connectivity index (χ4v) is 4.64. The number of likely N-dealkylation sites (tertiary alicyclic amines) is 1. The lowest BCUT2D eigenvalue weighted by molar-refractivity contribution is -0.121. The highest BCUT2D eigenvalue weighted by Crippen LogP contribution is 2.26. The van der Waals surface area contributed by atoms with Gasteiger partial charge < -0.3 is 19.9 Å². The van der Waals surface area contributed by atoms with Gasteiger partial charge in [-0.3, -0.25) is 14.5 Å². The molecule has 0 aliphatic carbocycles. The monoisotopic (exact) mass is 533 g/mol. The van der Waals surface area contributed by atoms with Gasteiger partial charge in [0.05, 0.1) is 17.8 Å². The number of carbonyl (C=O) groups excluding carboxylic acids is 2. The number of rotatable bonds is 10. The molecule has 9 nitrogen and oxygen atoms in total. The molecule has 1 aliphatic heterocycles. The van der Waals surface area contributed by atoms with Crippen LogP contribution < -0.4 is 10.6 Å². The first kappa shape index (κ1) is 28.4. The number of nitrogens with one attached hydrogen (secondary N) is 2. The van der Waals surface area contributed by atoms with Crippen molar-refractivity contribution in [2.75, 3.05) is 38.7 Å². The molecule has 0 atom stereocenters. The van der Waals surface area contributed by atoms with E-state index in [1.807, 2.05) is 18.2 Å². The van der Waals surface area contributed by atoms with Gasteiger partial charge in [0.1, 0.15) is 0 Å². The molecular weight excluding hydrogens is 494 g/mol. The molecular formula is C30H39N5O4. The number of hydrogen-bond donors (Lipinski definition) is 2. The summed E-state index contributed by atoms with van der Waals surface area (Å²) < 4.78 is 10.5. The molecule has 2 aromatic carbocycles. The van der Waals surface area contributed by atoms with Crippen LogP contribution in [-0.2, 0) is 21.5 Å². The molecule has 208 valence electrons. The first-order valence-corrected chi connectivity index (χ1v) is 13.6. The van der Waals surface area contributed by atoms with Crippen LogP contribution >= 0.6 is 0 Å². The van der Waals surface area contributed by atoms with Crippen LogP contribution in [0.3, 0.4) is 0 Å². The number of ether oxygens (including phenoxy) is 1.